The fourth-order valence-corrected chi connectivity index (χ4v) is 2.46. The molecule has 0 saturated carbocycles. The van der Waals surface area contributed by atoms with Gasteiger partial charge in [-0.15, -0.1) is 0 Å². The van der Waals surface area contributed by atoms with Crippen molar-refractivity contribution in [2.75, 3.05) is 5.43 Å². The van der Waals surface area contributed by atoms with Crippen molar-refractivity contribution in [2.45, 2.75) is 0 Å². The highest BCUT2D eigenvalue weighted by Gasteiger charge is 2.10. The average Bonchev–Trinajstić information content (AvgIpc) is 3.04. The number of pyridine rings is 1. The third-order valence-corrected chi connectivity index (χ3v) is 3.68. The van der Waals surface area contributed by atoms with Gasteiger partial charge in [0, 0.05) is 30.2 Å². The van der Waals surface area contributed by atoms with Gasteiger partial charge in [-0.25, -0.2) is 14.4 Å². The maximum absolute atomic E-state index is 13.2. The molecule has 0 spiro atoms. The Kier molecular flexibility index (Phi) is 3.66. The van der Waals surface area contributed by atoms with E-state index in [4.69, 9.17) is 0 Å². The molecular weight excluding hydrogens is 321 g/mol. The van der Waals surface area contributed by atoms with Crippen LogP contribution in [0.25, 0.3) is 22.4 Å². The first-order chi connectivity index (χ1) is 12.2. The molecule has 1 N–H and O–H groups in total. The second kappa shape index (κ2) is 6.12. The molecule has 3 aromatic heterocycles. The summed E-state index contributed by atoms with van der Waals surface area (Å²) in [4.78, 5) is 24.9. The number of amides is 1. The van der Waals surface area contributed by atoms with Crippen molar-refractivity contribution in [3.8, 4) is 11.5 Å². The minimum Gasteiger partial charge on any atom is -0.267 e. The Labute approximate surface area is 142 Å². The standard InChI is InChI=1S/C18H12FN5O/c19-14-4-5-16-12(9-14)6-8-24(16)23-18(25)13-10-21-17(22-11-13)15-3-1-2-7-20-15/h1-11H,(H,23,25). The molecule has 4 rings (SSSR count). The molecule has 0 aliphatic rings. The molecule has 1 aromatic carbocycles. The van der Waals surface area contributed by atoms with Crippen LogP contribution >= 0.6 is 0 Å². The Hall–Kier alpha value is -3.61. The minimum atomic E-state index is -0.366. The van der Waals surface area contributed by atoms with E-state index in [0.29, 0.717) is 28.0 Å². The summed E-state index contributed by atoms with van der Waals surface area (Å²) >= 11 is 0. The number of fused-ring (bicyclic) bond motifs is 1. The maximum Gasteiger partial charge on any atom is 0.273 e. The van der Waals surface area contributed by atoms with Gasteiger partial charge < -0.3 is 0 Å². The zero-order valence-corrected chi connectivity index (χ0v) is 12.9. The smallest absolute Gasteiger partial charge is 0.267 e. The van der Waals surface area contributed by atoms with E-state index < -0.39 is 0 Å². The van der Waals surface area contributed by atoms with Crippen molar-refractivity contribution in [3.63, 3.8) is 0 Å². The minimum absolute atomic E-state index is 0.309. The number of hydrogen-bond acceptors (Lipinski definition) is 4. The highest BCUT2D eigenvalue weighted by atomic mass is 19.1. The zero-order chi connectivity index (χ0) is 17.2. The second-order valence-corrected chi connectivity index (χ2v) is 5.34. The summed E-state index contributed by atoms with van der Waals surface area (Å²) in [5.41, 5.74) is 4.36. The molecule has 4 aromatic rings. The maximum atomic E-state index is 13.2. The van der Waals surface area contributed by atoms with E-state index in [9.17, 15) is 9.18 Å². The van der Waals surface area contributed by atoms with Crippen LogP contribution in [0.15, 0.2) is 67.3 Å². The quantitative estimate of drug-likeness (QED) is 0.625. The molecule has 0 fully saturated rings. The third kappa shape index (κ3) is 2.94. The molecule has 0 atom stereocenters. The number of aromatic nitrogens is 4. The van der Waals surface area contributed by atoms with E-state index in [0.717, 1.165) is 0 Å². The first-order valence-electron chi connectivity index (χ1n) is 7.52. The van der Waals surface area contributed by atoms with Gasteiger partial charge in [-0.3, -0.25) is 19.9 Å². The van der Waals surface area contributed by atoms with E-state index in [1.54, 1.807) is 36.7 Å². The Morgan fingerprint density at radius 2 is 1.88 bits per heavy atom. The molecule has 0 unspecified atom stereocenters. The summed E-state index contributed by atoms with van der Waals surface area (Å²) in [5, 5.41) is 0.696. The first-order valence-corrected chi connectivity index (χ1v) is 7.52. The molecule has 0 aliphatic carbocycles. The molecule has 122 valence electrons. The normalized spacial score (nSPS) is 10.8. The van der Waals surface area contributed by atoms with E-state index in [2.05, 4.69) is 20.4 Å². The Balaban J connectivity index is 1.56. The van der Waals surface area contributed by atoms with Crippen LogP contribution in [0.1, 0.15) is 10.4 Å². The van der Waals surface area contributed by atoms with Crippen LogP contribution < -0.4 is 5.43 Å². The molecule has 7 heteroatoms. The lowest BCUT2D eigenvalue weighted by molar-refractivity contribution is 0.101. The van der Waals surface area contributed by atoms with Gasteiger partial charge in [-0.05, 0) is 36.4 Å². The summed E-state index contributed by atoms with van der Waals surface area (Å²) in [6.07, 6.45) is 6.19. The van der Waals surface area contributed by atoms with Gasteiger partial charge in [-0.1, -0.05) is 6.07 Å². The molecule has 25 heavy (non-hydrogen) atoms. The summed E-state index contributed by atoms with van der Waals surface area (Å²) in [6, 6.07) is 11.5. The fourth-order valence-electron chi connectivity index (χ4n) is 2.46. The van der Waals surface area contributed by atoms with Crippen LogP contribution in [-0.2, 0) is 0 Å². The lowest BCUT2D eigenvalue weighted by Crippen LogP contribution is -2.22. The molecule has 0 radical (unpaired) electrons. The van der Waals surface area contributed by atoms with Gasteiger partial charge in [-0.2, -0.15) is 0 Å². The highest BCUT2D eigenvalue weighted by molar-refractivity contribution is 6.00. The summed E-state index contributed by atoms with van der Waals surface area (Å²) in [5.74, 6) is -0.247. The van der Waals surface area contributed by atoms with Crippen molar-refractivity contribution in [1.29, 1.82) is 0 Å². The van der Waals surface area contributed by atoms with Gasteiger partial charge in [0.05, 0.1) is 11.1 Å². The molecular formula is C18H12FN5O. The van der Waals surface area contributed by atoms with Gasteiger partial charge >= 0.3 is 0 Å². The van der Waals surface area contributed by atoms with Gasteiger partial charge in [0.2, 0.25) is 0 Å². The van der Waals surface area contributed by atoms with E-state index in [1.807, 2.05) is 6.07 Å². The fraction of sp³-hybridized carbons (Fsp3) is 0. The Morgan fingerprint density at radius 1 is 1.04 bits per heavy atom. The molecule has 0 aliphatic heterocycles. The Morgan fingerprint density at radius 3 is 2.64 bits per heavy atom. The largest absolute Gasteiger partial charge is 0.273 e. The average molecular weight is 333 g/mol. The van der Waals surface area contributed by atoms with Crippen LogP contribution in [0.4, 0.5) is 4.39 Å². The summed E-state index contributed by atoms with van der Waals surface area (Å²) < 4.78 is 14.8. The first kappa shape index (κ1) is 14.9. The molecule has 0 bridgehead atoms. The van der Waals surface area contributed by atoms with E-state index in [1.165, 1.54) is 29.2 Å². The van der Waals surface area contributed by atoms with Crippen LogP contribution in [0, 0.1) is 5.82 Å². The van der Waals surface area contributed by atoms with Gasteiger partial charge in [0.15, 0.2) is 5.82 Å². The number of nitrogens with zero attached hydrogens (tertiary/aromatic N) is 4. The zero-order valence-electron chi connectivity index (χ0n) is 12.9. The summed E-state index contributed by atoms with van der Waals surface area (Å²) in [7, 11) is 0. The topological polar surface area (TPSA) is 72.7 Å². The molecule has 6 nitrogen and oxygen atoms in total. The summed E-state index contributed by atoms with van der Waals surface area (Å²) in [6.45, 7) is 0. The lowest BCUT2D eigenvalue weighted by Gasteiger charge is -2.08. The van der Waals surface area contributed by atoms with Crippen molar-refractivity contribution in [3.05, 3.63) is 78.6 Å². The van der Waals surface area contributed by atoms with E-state index >= 15 is 0 Å². The van der Waals surface area contributed by atoms with Gasteiger partial charge in [0.25, 0.3) is 5.91 Å². The number of rotatable bonds is 3. The van der Waals surface area contributed by atoms with Crippen LogP contribution in [0.3, 0.4) is 0 Å². The SMILES string of the molecule is O=C(Nn1ccc2cc(F)ccc21)c1cnc(-c2ccccn2)nc1. The third-order valence-electron chi connectivity index (χ3n) is 3.68. The van der Waals surface area contributed by atoms with Crippen molar-refractivity contribution >= 4 is 16.8 Å². The van der Waals surface area contributed by atoms with Crippen molar-refractivity contribution in [1.82, 2.24) is 19.6 Å². The predicted octanol–water partition coefficient (Wildman–Crippen LogP) is 3.02. The number of carbonyl (C=O) groups excluding carboxylic acids is 1. The van der Waals surface area contributed by atoms with Gasteiger partial charge in [0.1, 0.15) is 11.5 Å². The number of carbonyl (C=O) groups is 1. The number of halogens is 1. The van der Waals surface area contributed by atoms with Crippen molar-refractivity contribution in [2.24, 2.45) is 0 Å². The molecule has 3 heterocycles. The molecule has 1 amide bonds. The monoisotopic (exact) mass is 333 g/mol. The lowest BCUT2D eigenvalue weighted by atomic mass is 10.2. The number of benzene rings is 1. The Bertz CT molecular complexity index is 1040. The van der Waals surface area contributed by atoms with Crippen LogP contribution in [-0.4, -0.2) is 25.5 Å². The molecule has 0 saturated heterocycles. The highest BCUT2D eigenvalue weighted by Crippen LogP contribution is 2.16. The number of hydrogen-bond donors (Lipinski definition) is 1. The second-order valence-electron chi connectivity index (χ2n) is 5.34. The van der Waals surface area contributed by atoms with Crippen molar-refractivity contribution < 1.29 is 9.18 Å². The van der Waals surface area contributed by atoms with E-state index in [-0.39, 0.29) is 11.7 Å². The predicted molar refractivity (Wildman–Crippen MR) is 90.9 cm³/mol. The van der Waals surface area contributed by atoms with Crippen LogP contribution in [0.2, 0.25) is 0 Å². The van der Waals surface area contributed by atoms with Crippen LogP contribution in [0.5, 0.6) is 0 Å². The number of nitrogens with one attached hydrogen (secondary N) is 1.